The van der Waals surface area contributed by atoms with Crippen LogP contribution in [0.25, 0.3) is 11.0 Å². The number of piperidine rings is 2. The molecule has 2 aromatic rings. The topological polar surface area (TPSA) is 56.9 Å². The molecule has 0 bridgehead atoms. The van der Waals surface area contributed by atoms with E-state index in [1.54, 1.807) is 12.1 Å². The van der Waals surface area contributed by atoms with Crippen LogP contribution in [-0.4, -0.2) is 47.1 Å². The van der Waals surface area contributed by atoms with Gasteiger partial charge < -0.3 is 14.4 Å². The molecule has 0 amide bonds. The number of nitrogens with zero attached hydrogens (tertiary/aromatic N) is 2. The molecule has 2 aliphatic heterocycles. The van der Waals surface area contributed by atoms with Gasteiger partial charge in [0.05, 0.1) is 5.56 Å². The molecule has 2 fully saturated rings. The molecule has 0 aliphatic carbocycles. The van der Waals surface area contributed by atoms with Crippen LogP contribution in [0.3, 0.4) is 0 Å². The fourth-order valence-electron chi connectivity index (χ4n) is 5.43. The van der Waals surface area contributed by atoms with Crippen LogP contribution in [0, 0.1) is 5.92 Å². The van der Waals surface area contributed by atoms with Crippen molar-refractivity contribution < 1.29 is 9.52 Å². The Hall–Kier alpha value is -1.85. The second-order valence-corrected chi connectivity index (χ2v) is 8.71. The zero-order chi connectivity index (χ0) is 20.4. The fourth-order valence-corrected chi connectivity index (χ4v) is 5.43. The van der Waals surface area contributed by atoms with Crippen LogP contribution < -0.4 is 5.63 Å². The molecule has 1 aromatic carbocycles. The third-order valence-electron chi connectivity index (χ3n) is 7.01. The summed E-state index contributed by atoms with van der Waals surface area (Å²) in [5.74, 6) is 0.898. The molecule has 5 nitrogen and oxygen atoms in total. The molecule has 5 heteroatoms. The van der Waals surface area contributed by atoms with Gasteiger partial charge in [-0.2, -0.15) is 0 Å². The Balaban J connectivity index is 1.60. The molecular weight excluding hydrogens is 364 g/mol. The van der Waals surface area contributed by atoms with Crippen LogP contribution >= 0.6 is 0 Å². The molecule has 1 unspecified atom stereocenters. The largest absolute Gasteiger partial charge is 0.507 e. The number of aromatic hydroxyl groups is 1. The zero-order valence-electron chi connectivity index (χ0n) is 17.8. The van der Waals surface area contributed by atoms with Crippen LogP contribution in [0.15, 0.2) is 27.4 Å². The lowest BCUT2D eigenvalue weighted by Gasteiger charge is -2.45. The highest BCUT2D eigenvalue weighted by atomic mass is 16.4. The highest BCUT2D eigenvalue weighted by Crippen LogP contribution is 2.33. The second-order valence-electron chi connectivity index (χ2n) is 8.71. The minimum atomic E-state index is -0.339. The molecule has 2 saturated heterocycles. The van der Waals surface area contributed by atoms with Crippen molar-refractivity contribution in [2.24, 2.45) is 5.92 Å². The van der Waals surface area contributed by atoms with E-state index in [0.717, 1.165) is 36.0 Å². The fraction of sp³-hybridized carbons (Fsp3) is 0.625. The lowest BCUT2D eigenvalue weighted by Crippen LogP contribution is -2.50. The summed E-state index contributed by atoms with van der Waals surface area (Å²) in [4.78, 5) is 17.2. The van der Waals surface area contributed by atoms with Gasteiger partial charge >= 0.3 is 5.63 Å². The number of hydrogen-bond acceptors (Lipinski definition) is 5. The summed E-state index contributed by atoms with van der Waals surface area (Å²) in [6.45, 7) is 9.28. The second kappa shape index (κ2) is 8.88. The standard InChI is InChI=1S/C24H34N2O3/c1-3-17-14-23(28)29-24-19(17)10-11-22(27)20(24)16-25(4-2)15-18-8-7-13-26-12-6-5-9-21(18)26/h10-11,14,18,21,27H,3-9,12-13,15-16H2,1-2H3/t18-,21?/m0/s1. The quantitative estimate of drug-likeness (QED) is 0.741. The Kier molecular flexibility index (Phi) is 6.26. The van der Waals surface area contributed by atoms with Crippen molar-refractivity contribution in [2.45, 2.75) is 65.0 Å². The minimum absolute atomic E-state index is 0.218. The van der Waals surface area contributed by atoms with Crippen LogP contribution in [0.4, 0.5) is 0 Å². The summed E-state index contributed by atoms with van der Waals surface area (Å²) in [7, 11) is 0. The van der Waals surface area contributed by atoms with Crippen molar-refractivity contribution in [3.05, 3.63) is 39.7 Å². The van der Waals surface area contributed by atoms with Crippen LogP contribution in [0.5, 0.6) is 5.75 Å². The van der Waals surface area contributed by atoms with E-state index in [2.05, 4.69) is 16.7 Å². The van der Waals surface area contributed by atoms with Crippen molar-refractivity contribution in [3.8, 4) is 5.75 Å². The van der Waals surface area contributed by atoms with Gasteiger partial charge in [-0.15, -0.1) is 0 Å². The zero-order valence-corrected chi connectivity index (χ0v) is 17.8. The number of phenolic OH excluding ortho intramolecular Hbond substituents is 1. The molecule has 158 valence electrons. The van der Waals surface area contributed by atoms with Crippen molar-refractivity contribution in [1.82, 2.24) is 9.80 Å². The highest BCUT2D eigenvalue weighted by molar-refractivity contribution is 5.85. The van der Waals surface area contributed by atoms with Gasteiger partial charge in [-0.05, 0) is 75.4 Å². The maximum absolute atomic E-state index is 12.1. The summed E-state index contributed by atoms with van der Waals surface area (Å²) in [5, 5.41) is 11.5. The van der Waals surface area contributed by atoms with Gasteiger partial charge in [0.1, 0.15) is 11.3 Å². The Morgan fingerprint density at radius 1 is 1.17 bits per heavy atom. The van der Waals surface area contributed by atoms with Gasteiger partial charge in [0.25, 0.3) is 0 Å². The Labute approximate surface area is 173 Å². The summed E-state index contributed by atoms with van der Waals surface area (Å²) >= 11 is 0. The van der Waals surface area contributed by atoms with E-state index in [4.69, 9.17) is 4.42 Å². The molecule has 0 saturated carbocycles. The Morgan fingerprint density at radius 2 is 2.00 bits per heavy atom. The normalized spacial score (nSPS) is 22.9. The molecule has 3 heterocycles. The van der Waals surface area contributed by atoms with E-state index in [1.165, 1.54) is 45.2 Å². The molecule has 2 atom stereocenters. The monoisotopic (exact) mass is 398 g/mol. The van der Waals surface area contributed by atoms with Gasteiger partial charge in [-0.3, -0.25) is 4.90 Å². The molecule has 4 rings (SSSR count). The first-order chi connectivity index (χ1) is 14.1. The lowest BCUT2D eigenvalue weighted by atomic mass is 9.83. The number of benzene rings is 1. The van der Waals surface area contributed by atoms with Crippen LogP contribution in [0.2, 0.25) is 0 Å². The van der Waals surface area contributed by atoms with Crippen molar-refractivity contribution in [2.75, 3.05) is 26.2 Å². The van der Waals surface area contributed by atoms with Gasteiger partial charge in [-0.1, -0.05) is 20.3 Å². The van der Waals surface area contributed by atoms with E-state index in [9.17, 15) is 9.90 Å². The lowest BCUT2D eigenvalue weighted by molar-refractivity contribution is 0.0398. The first-order valence-electron chi connectivity index (χ1n) is 11.3. The van der Waals surface area contributed by atoms with Gasteiger partial charge in [-0.25, -0.2) is 4.79 Å². The van der Waals surface area contributed by atoms with Crippen molar-refractivity contribution >= 4 is 11.0 Å². The third-order valence-corrected chi connectivity index (χ3v) is 7.01. The summed E-state index contributed by atoms with van der Waals surface area (Å²) in [6, 6.07) is 5.89. The van der Waals surface area contributed by atoms with Crippen LogP contribution in [-0.2, 0) is 13.0 Å². The average molecular weight is 399 g/mol. The van der Waals surface area contributed by atoms with Crippen molar-refractivity contribution in [1.29, 1.82) is 0 Å². The predicted molar refractivity (Wildman–Crippen MR) is 116 cm³/mol. The SMILES string of the molecule is CCc1cc(=O)oc2c(CN(CC)C[C@@H]3CCCN4CCCCC34)c(O)ccc12. The molecular formula is C24H34N2O3. The maximum atomic E-state index is 12.1. The number of fused-ring (bicyclic) bond motifs is 2. The predicted octanol–water partition coefficient (Wildman–Crippen LogP) is 4.15. The molecule has 1 N–H and O–H groups in total. The molecule has 29 heavy (non-hydrogen) atoms. The average Bonchev–Trinajstić information content (AvgIpc) is 2.74. The number of phenols is 1. The first kappa shape index (κ1) is 20.4. The van der Waals surface area contributed by atoms with Crippen LogP contribution in [0.1, 0.15) is 57.1 Å². The third kappa shape index (κ3) is 4.22. The van der Waals surface area contributed by atoms with E-state index < -0.39 is 0 Å². The number of hydrogen-bond donors (Lipinski definition) is 1. The van der Waals surface area contributed by atoms with Gasteiger partial charge in [0.2, 0.25) is 0 Å². The van der Waals surface area contributed by atoms with Gasteiger partial charge in [0.15, 0.2) is 0 Å². The minimum Gasteiger partial charge on any atom is -0.507 e. The summed E-state index contributed by atoms with van der Waals surface area (Å²) in [6.07, 6.45) is 7.34. The molecule has 0 spiro atoms. The van der Waals surface area contributed by atoms with E-state index >= 15 is 0 Å². The van der Waals surface area contributed by atoms with E-state index in [1.807, 2.05) is 13.0 Å². The summed E-state index contributed by atoms with van der Waals surface area (Å²) < 4.78 is 5.59. The first-order valence-corrected chi connectivity index (χ1v) is 11.3. The maximum Gasteiger partial charge on any atom is 0.336 e. The smallest absolute Gasteiger partial charge is 0.336 e. The Bertz CT molecular complexity index is 905. The number of rotatable bonds is 6. The van der Waals surface area contributed by atoms with Crippen molar-refractivity contribution in [3.63, 3.8) is 0 Å². The molecule has 2 aliphatic rings. The van der Waals surface area contributed by atoms with E-state index in [-0.39, 0.29) is 11.4 Å². The Morgan fingerprint density at radius 3 is 2.79 bits per heavy atom. The number of aryl methyl sites for hydroxylation is 1. The summed E-state index contributed by atoms with van der Waals surface area (Å²) in [5.41, 5.74) is 1.93. The highest BCUT2D eigenvalue weighted by Gasteiger charge is 2.33. The van der Waals surface area contributed by atoms with E-state index in [0.29, 0.717) is 24.1 Å². The van der Waals surface area contributed by atoms with Gasteiger partial charge in [0, 0.05) is 30.6 Å². The molecule has 0 radical (unpaired) electrons. The molecule has 1 aromatic heterocycles.